The first-order chi connectivity index (χ1) is 18.7. The lowest BCUT2D eigenvalue weighted by Crippen LogP contribution is -2.81. The number of hydrogen-bond acceptors (Lipinski definition) is 9. The first-order valence-electron chi connectivity index (χ1n) is 13.9. The highest BCUT2D eigenvalue weighted by atomic mass is 16.6. The van der Waals surface area contributed by atoms with Crippen molar-refractivity contribution in [3.8, 4) is 0 Å². The Morgan fingerprint density at radius 3 is 2.33 bits per heavy atom. The number of aliphatic hydroxyl groups is 2. The van der Waals surface area contributed by atoms with Gasteiger partial charge in [-0.2, -0.15) is 0 Å². The van der Waals surface area contributed by atoms with Crippen LogP contribution in [0.4, 0.5) is 0 Å². The fourth-order valence-electron chi connectivity index (χ4n) is 8.48. The molecule has 0 unspecified atom stereocenters. The molecule has 0 radical (unpaired) electrons. The molecule has 1 aromatic rings. The lowest BCUT2D eigenvalue weighted by Gasteiger charge is -2.68. The minimum atomic E-state index is -1.85. The lowest BCUT2D eigenvalue weighted by molar-refractivity contribution is -0.346. The van der Waals surface area contributed by atoms with E-state index in [9.17, 15) is 24.6 Å². The minimum absolute atomic E-state index is 0.0320. The van der Waals surface area contributed by atoms with Crippen LogP contribution >= 0.6 is 0 Å². The summed E-state index contributed by atoms with van der Waals surface area (Å²) in [5.41, 5.74) is -4.18. The third-order valence-corrected chi connectivity index (χ3v) is 10.5. The molecule has 2 saturated carbocycles. The van der Waals surface area contributed by atoms with Crippen molar-refractivity contribution in [3.05, 3.63) is 47.0 Å². The number of carbonyl (C=O) groups excluding carboxylic acids is 3. The van der Waals surface area contributed by atoms with E-state index in [1.54, 1.807) is 51.1 Å². The van der Waals surface area contributed by atoms with Gasteiger partial charge in [0, 0.05) is 38.2 Å². The standard InChI is InChI=1S/C31H40O9/c1-16-20(33)14-31(36)26(39-27(35)19-11-9-8-10-12-19)24-29(6,25(34)17(2)23(16)28(31,4)5)21(37-7)13-22-30(24,15-38-22)40-18(3)32/h8-12,17,20-22,24,26,33,36H,13-15H2,1-7H3/t17-,20+,21+,22-,24+,26+,29-,30+,31-/m1/s1. The van der Waals surface area contributed by atoms with Gasteiger partial charge in [-0.05, 0) is 37.1 Å². The Morgan fingerprint density at radius 1 is 1.12 bits per heavy atom. The van der Waals surface area contributed by atoms with Crippen molar-refractivity contribution in [2.45, 2.75) is 90.0 Å². The third-order valence-electron chi connectivity index (χ3n) is 10.5. The summed E-state index contributed by atoms with van der Waals surface area (Å²) in [7, 11) is 1.51. The molecule has 0 aromatic heterocycles. The summed E-state index contributed by atoms with van der Waals surface area (Å²) in [6, 6.07) is 8.39. The molecule has 40 heavy (non-hydrogen) atoms. The molecular weight excluding hydrogens is 516 g/mol. The number of rotatable bonds is 4. The van der Waals surface area contributed by atoms with E-state index in [1.165, 1.54) is 14.0 Å². The molecule has 4 aliphatic rings. The second-order valence-electron chi connectivity index (χ2n) is 12.7. The maximum absolute atomic E-state index is 14.8. The molecule has 1 aromatic carbocycles. The summed E-state index contributed by atoms with van der Waals surface area (Å²) in [6.07, 6.45) is -3.65. The largest absolute Gasteiger partial charge is 0.455 e. The number of fused-ring (bicyclic) bond motifs is 5. The monoisotopic (exact) mass is 556 g/mol. The van der Waals surface area contributed by atoms with Crippen molar-refractivity contribution in [1.29, 1.82) is 0 Å². The molecule has 218 valence electrons. The van der Waals surface area contributed by atoms with Crippen LogP contribution in [0.5, 0.6) is 0 Å². The number of esters is 2. The summed E-state index contributed by atoms with van der Waals surface area (Å²) in [6.45, 7) is 10.2. The molecule has 9 nitrogen and oxygen atoms in total. The minimum Gasteiger partial charge on any atom is -0.455 e. The first-order valence-corrected chi connectivity index (χ1v) is 13.9. The topological polar surface area (TPSA) is 129 Å². The molecule has 9 atom stereocenters. The van der Waals surface area contributed by atoms with Gasteiger partial charge in [-0.15, -0.1) is 0 Å². The van der Waals surface area contributed by atoms with Crippen LogP contribution in [0.3, 0.4) is 0 Å². The highest BCUT2D eigenvalue weighted by Gasteiger charge is 2.77. The van der Waals surface area contributed by atoms with Gasteiger partial charge in [-0.25, -0.2) is 4.79 Å². The molecule has 9 heteroatoms. The van der Waals surface area contributed by atoms with Crippen molar-refractivity contribution in [3.63, 3.8) is 0 Å². The molecule has 1 aliphatic heterocycles. The van der Waals surface area contributed by atoms with Crippen LogP contribution in [0, 0.1) is 22.7 Å². The van der Waals surface area contributed by atoms with Crippen molar-refractivity contribution in [1.82, 2.24) is 0 Å². The van der Waals surface area contributed by atoms with Gasteiger partial charge >= 0.3 is 11.9 Å². The van der Waals surface area contributed by atoms with Gasteiger partial charge in [0.25, 0.3) is 0 Å². The van der Waals surface area contributed by atoms with Gasteiger partial charge in [0.1, 0.15) is 23.6 Å². The normalized spacial score (nSPS) is 42.0. The molecule has 1 heterocycles. The number of aliphatic hydroxyl groups excluding tert-OH is 1. The van der Waals surface area contributed by atoms with Crippen LogP contribution in [0.15, 0.2) is 41.5 Å². The Kier molecular flexibility index (Phi) is 6.85. The predicted octanol–water partition coefficient (Wildman–Crippen LogP) is 3.01. The number of hydrogen-bond donors (Lipinski definition) is 2. The lowest BCUT2D eigenvalue weighted by atomic mass is 9.43. The average molecular weight is 557 g/mol. The number of methoxy groups -OCH3 is 1. The Labute approximate surface area is 234 Å². The molecule has 1 saturated heterocycles. The Balaban J connectivity index is 1.83. The van der Waals surface area contributed by atoms with E-state index in [0.29, 0.717) is 11.1 Å². The van der Waals surface area contributed by atoms with E-state index in [1.807, 2.05) is 13.8 Å². The van der Waals surface area contributed by atoms with Crippen molar-refractivity contribution >= 4 is 17.7 Å². The number of ether oxygens (including phenoxy) is 4. The maximum atomic E-state index is 14.8. The molecule has 3 aliphatic carbocycles. The number of carbonyl (C=O) groups is 3. The predicted molar refractivity (Wildman–Crippen MR) is 143 cm³/mol. The Hall–Kier alpha value is -2.59. The third kappa shape index (κ3) is 3.70. The Morgan fingerprint density at radius 2 is 1.77 bits per heavy atom. The molecule has 5 rings (SSSR count). The summed E-state index contributed by atoms with van der Waals surface area (Å²) in [5.74, 6) is -3.22. The van der Waals surface area contributed by atoms with Gasteiger partial charge in [-0.1, -0.05) is 39.0 Å². The fourth-order valence-corrected chi connectivity index (χ4v) is 8.48. The average Bonchev–Trinajstić information content (AvgIpc) is 2.89. The van der Waals surface area contributed by atoms with Crippen LogP contribution < -0.4 is 0 Å². The van der Waals surface area contributed by atoms with Gasteiger partial charge in [0.05, 0.1) is 35.7 Å². The van der Waals surface area contributed by atoms with E-state index >= 15 is 0 Å². The van der Waals surface area contributed by atoms with Gasteiger partial charge in [0.15, 0.2) is 5.60 Å². The van der Waals surface area contributed by atoms with Crippen LogP contribution in [0.2, 0.25) is 0 Å². The zero-order valence-corrected chi connectivity index (χ0v) is 24.2. The smallest absolute Gasteiger partial charge is 0.338 e. The quantitative estimate of drug-likeness (QED) is 0.425. The van der Waals surface area contributed by atoms with E-state index in [-0.39, 0.29) is 30.8 Å². The van der Waals surface area contributed by atoms with E-state index in [2.05, 4.69) is 0 Å². The summed E-state index contributed by atoms with van der Waals surface area (Å²) >= 11 is 0. The van der Waals surface area contributed by atoms with Crippen LogP contribution in [0.25, 0.3) is 0 Å². The number of Topliss-reactive ketones (excluding diaryl/α,β-unsaturated/α-hetero) is 1. The molecule has 3 fully saturated rings. The van der Waals surface area contributed by atoms with Crippen LogP contribution in [-0.2, 0) is 28.5 Å². The molecule has 2 bridgehead atoms. The second kappa shape index (κ2) is 9.48. The second-order valence-corrected chi connectivity index (χ2v) is 12.7. The van der Waals surface area contributed by atoms with Crippen molar-refractivity contribution < 1.29 is 43.5 Å². The molecule has 2 N–H and O–H groups in total. The summed E-state index contributed by atoms with van der Waals surface area (Å²) < 4.78 is 24.2. The molecule has 0 spiro atoms. The van der Waals surface area contributed by atoms with Crippen LogP contribution in [-0.4, -0.2) is 77.3 Å². The van der Waals surface area contributed by atoms with Gasteiger partial charge in [-0.3, -0.25) is 9.59 Å². The summed E-state index contributed by atoms with van der Waals surface area (Å²) in [5, 5.41) is 24.1. The zero-order valence-electron chi connectivity index (χ0n) is 24.2. The molecule has 0 amide bonds. The van der Waals surface area contributed by atoms with E-state index in [4.69, 9.17) is 18.9 Å². The number of benzene rings is 1. The highest BCUT2D eigenvalue weighted by Crippen LogP contribution is 2.65. The Bertz CT molecular complexity index is 1250. The molecular formula is C31H40O9. The highest BCUT2D eigenvalue weighted by molar-refractivity contribution is 5.92. The van der Waals surface area contributed by atoms with E-state index in [0.717, 1.165) is 0 Å². The maximum Gasteiger partial charge on any atom is 0.338 e. The fraction of sp³-hybridized carbons (Fsp3) is 0.645. The van der Waals surface area contributed by atoms with Gasteiger partial charge in [0.2, 0.25) is 0 Å². The first kappa shape index (κ1) is 28.9. The van der Waals surface area contributed by atoms with Crippen molar-refractivity contribution in [2.75, 3.05) is 13.7 Å². The van der Waals surface area contributed by atoms with Crippen molar-refractivity contribution in [2.24, 2.45) is 22.7 Å². The zero-order chi connectivity index (χ0) is 29.4. The van der Waals surface area contributed by atoms with Crippen LogP contribution in [0.1, 0.15) is 64.7 Å². The summed E-state index contributed by atoms with van der Waals surface area (Å²) in [4.78, 5) is 41.1. The SMILES string of the molecule is CO[C@H]1C[C@H]2OC[C@@]2(OC(C)=O)[C@H]2[C@H](OC(=O)c3ccccc3)[C@]3(O)C[C@H](O)C(C)=C([C@@H](C)C(=O)[C@]12C)C3(C)C. The van der Waals surface area contributed by atoms with Gasteiger partial charge < -0.3 is 29.2 Å². The van der Waals surface area contributed by atoms with E-state index < -0.39 is 70.2 Å². The number of ketones is 1.